The molecule has 0 spiro atoms. The first-order valence-electron chi connectivity index (χ1n) is 3.29. The van der Waals surface area contributed by atoms with Crippen LogP contribution >= 0.6 is 0 Å². The molecule has 0 unspecified atom stereocenters. The van der Waals surface area contributed by atoms with Gasteiger partial charge in [0.05, 0.1) is 11.4 Å². The summed E-state index contributed by atoms with van der Waals surface area (Å²) in [4.78, 5) is 20.7. The number of rotatable bonds is 2. The maximum Gasteiger partial charge on any atom is 0.152 e. The molecule has 0 bridgehead atoms. The Morgan fingerprint density at radius 1 is 0.917 bits per heavy atom. The predicted octanol–water partition coefficient (Wildman–Crippen LogP) is 0.476. The Hall–Kier alpha value is -1.84. The van der Waals surface area contributed by atoms with Crippen LogP contribution in [0.3, 0.4) is 0 Å². The normalized spacial score (nSPS) is 9.33. The monoisotopic (exact) mass is 164 g/mol. The summed E-state index contributed by atoms with van der Waals surface area (Å²) < 4.78 is 0. The van der Waals surface area contributed by atoms with Gasteiger partial charge in [-0.15, -0.1) is 0 Å². The molecule has 4 N–H and O–H groups in total. The average Bonchev–Trinajstić information content (AvgIpc) is 2.10. The largest absolute Gasteiger partial charge is 0.396 e. The van der Waals surface area contributed by atoms with Crippen LogP contribution in [0.15, 0.2) is 12.1 Å². The molecule has 1 aromatic carbocycles. The maximum atomic E-state index is 10.4. The number of hydrogen-bond acceptors (Lipinski definition) is 4. The fourth-order valence-corrected chi connectivity index (χ4v) is 0.876. The van der Waals surface area contributed by atoms with Gasteiger partial charge in [0.25, 0.3) is 0 Å². The van der Waals surface area contributed by atoms with Gasteiger partial charge in [0.1, 0.15) is 0 Å². The van der Waals surface area contributed by atoms with Crippen molar-refractivity contribution in [3.8, 4) is 0 Å². The number of carbonyl (C=O) groups is 2. The maximum absolute atomic E-state index is 10.4. The highest BCUT2D eigenvalue weighted by atomic mass is 16.1. The fourth-order valence-electron chi connectivity index (χ4n) is 0.876. The van der Waals surface area contributed by atoms with E-state index in [0.29, 0.717) is 23.7 Å². The van der Waals surface area contributed by atoms with Gasteiger partial charge in [-0.3, -0.25) is 9.59 Å². The van der Waals surface area contributed by atoms with Crippen molar-refractivity contribution in [2.24, 2.45) is 0 Å². The van der Waals surface area contributed by atoms with E-state index in [-0.39, 0.29) is 11.4 Å². The summed E-state index contributed by atoms with van der Waals surface area (Å²) in [7, 11) is 0. The number of carbonyl (C=O) groups excluding carboxylic acids is 2. The zero-order valence-corrected chi connectivity index (χ0v) is 6.28. The first-order chi connectivity index (χ1) is 5.70. The Labute approximate surface area is 69.2 Å². The van der Waals surface area contributed by atoms with Crippen LogP contribution in [0.4, 0.5) is 11.4 Å². The lowest BCUT2D eigenvalue weighted by molar-refractivity contribution is 0.111. The molecule has 0 heterocycles. The van der Waals surface area contributed by atoms with Crippen LogP contribution in [-0.2, 0) is 0 Å². The second-order valence-corrected chi connectivity index (χ2v) is 2.31. The second-order valence-electron chi connectivity index (χ2n) is 2.31. The van der Waals surface area contributed by atoms with Crippen LogP contribution in [0, 0.1) is 0 Å². The van der Waals surface area contributed by atoms with Crippen LogP contribution in [0.1, 0.15) is 20.7 Å². The highest BCUT2D eigenvalue weighted by Crippen LogP contribution is 2.21. The third-order valence-corrected chi connectivity index (χ3v) is 1.61. The standard InChI is InChI=1S/C8H8N2O2/c9-7-5(3-11)1-2-6(4-12)8(7)10/h1-4H,9-10H2. The molecule has 0 atom stereocenters. The smallest absolute Gasteiger partial charge is 0.152 e. The van der Waals surface area contributed by atoms with E-state index in [9.17, 15) is 9.59 Å². The highest BCUT2D eigenvalue weighted by Gasteiger charge is 2.05. The Morgan fingerprint density at radius 2 is 1.25 bits per heavy atom. The fraction of sp³-hybridized carbons (Fsp3) is 0. The van der Waals surface area contributed by atoms with Crippen LogP contribution in [0.25, 0.3) is 0 Å². The third-order valence-electron chi connectivity index (χ3n) is 1.61. The van der Waals surface area contributed by atoms with Gasteiger partial charge in [0.2, 0.25) is 0 Å². The van der Waals surface area contributed by atoms with Crippen molar-refractivity contribution in [2.75, 3.05) is 11.5 Å². The highest BCUT2D eigenvalue weighted by molar-refractivity contribution is 5.95. The van der Waals surface area contributed by atoms with Crippen molar-refractivity contribution in [3.05, 3.63) is 23.3 Å². The zero-order valence-electron chi connectivity index (χ0n) is 6.28. The van der Waals surface area contributed by atoms with Gasteiger partial charge in [0.15, 0.2) is 12.6 Å². The van der Waals surface area contributed by atoms with Gasteiger partial charge in [-0.1, -0.05) is 0 Å². The van der Waals surface area contributed by atoms with Gasteiger partial charge < -0.3 is 11.5 Å². The number of aldehydes is 2. The van der Waals surface area contributed by atoms with E-state index in [1.54, 1.807) is 0 Å². The van der Waals surface area contributed by atoms with E-state index in [1.165, 1.54) is 12.1 Å². The topological polar surface area (TPSA) is 86.2 Å². The molecular weight excluding hydrogens is 156 g/mol. The molecule has 0 aliphatic rings. The minimum atomic E-state index is 0.162. The van der Waals surface area contributed by atoms with Gasteiger partial charge in [0, 0.05) is 11.1 Å². The predicted molar refractivity (Wildman–Crippen MR) is 46.0 cm³/mol. The lowest BCUT2D eigenvalue weighted by atomic mass is 10.1. The Morgan fingerprint density at radius 3 is 1.50 bits per heavy atom. The summed E-state index contributed by atoms with van der Waals surface area (Å²) in [6.45, 7) is 0. The molecule has 62 valence electrons. The lowest BCUT2D eigenvalue weighted by Gasteiger charge is -2.04. The summed E-state index contributed by atoms with van der Waals surface area (Å²) in [5.41, 5.74) is 11.8. The molecule has 0 aromatic heterocycles. The Kier molecular flexibility index (Phi) is 2.09. The number of anilines is 2. The molecule has 0 fully saturated rings. The molecule has 4 nitrogen and oxygen atoms in total. The van der Waals surface area contributed by atoms with Gasteiger partial charge in [-0.05, 0) is 12.1 Å². The summed E-state index contributed by atoms with van der Waals surface area (Å²) in [5.74, 6) is 0. The van der Waals surface area contributed by atoms with Crippen LogP contribution in [0.2, 0.25) is 0 Å². The third kappa shape index (κ3) is 1.14. The molecule has 1 aromatic rings. The molecule has 0 amide bonds. The Bertz CT molecular complexity index is 301. The van der Waals surface area contributed by atoms with Crippen LogP contribution in [-0.4, -0.2) is 12.6 Å². The van der Waals surface area contributed by atoms with Crippen LogP contribution in [0.5, 0.6) is 0 Å². The van der Waals surface area contributed by atoms with Gasteiger partial charge in [-0.2, -0.15) is 0 Å². The first kappa shape index (κ1) is 8.26. The quantitative estimate of drug-likeness (QED) is 0.491. The molecule has 0 saturated carbocycles. The molecule has 0 saturated heterocycles. The summed E-state index contributed by atoms with van der Waals surface area (Å²) in [6, 6.07) is 2.92. The van der Waals surface area contributed by atoms with Crippen molar-refractivity contribution < 1.29 is 9.59 Å². The molecule has 4 heteroatoms. The molecule has 0 aliphatic carbocycles. The van der Waals surface area contributed by atoms with Crippen molar-refractivity contribution in [2.45, 2.75) is 0 Å². The summed E-state index contributed by atoms with van der Waals surface area (Å²) >= 11 is 0. The van der Waals surface area contributed by atoms with Crippen molar-refractivity contribution in [3.63, 3.8) is 0 Å². The van der Waals surface area contributed by atoms with Crippen molar-refractivity contribution in [1.82, 2.24) is 0 Å². The molecule has 0 aliphatic heterocycles. The molecule has 0 radical (unpaired) electrons. The average molecular weight is 164 g/mol. The second kappa shape index (κ2) is 3.04. The van der Waals surface area contributed by atoms with E-state index in [2.05, 4.69) is 0 Å². The van der Waals surface area contributed by atoms with Gasteiger partial charge >= 0.3 is 0 Å². The first-order valence-corrected chi connectivity index (χ1v) is 3.29. The number of hydrogen-bond donors (Lipinski definition) is 2. The Balaban J connectivity index is 3.38. The minimum absolute atomic E-state index is 0.162. The zero-order chi connectivity index (χ0) is 9.14. The van der Waals surface area contributed by atoms with E-state index < -0.39 is 0 Å². The summed E-state index contributed by atoms with van der Waals surface area (Å²) in [5, 5.41) is 0. The van der Waals surface area contributed by atoms with E-state index in [4.69, 9.17) is 11.5 Å². The van der Waals surface area contributed by atoms with E-state index in [0.717, 1.165) is 0 Å². The molecule has 12 heavy (non-hydrogen) atoms. The van der Waals surface area contributed by atoms with Crippen LogP contribution < -0.4 is 11.5 Å². The number of nitrogens with two attached hydrogens (primary N) is 2. The van der Waals surface area contributed by atoms with Crippen molar-refractivity contribution >= 4 is 23.9 Å². The molecule has 1 rings (SSSR count). The van der Waals surface area contributed by atoms with E-state index in [1.807, 2.05) is 0 Å². The number of nitrogen functional groups attached to an aromatic ring is 2. The molecular formula is C8H8N2O2. The minimum Gasteiger partial charge on any atom is -0.396 e. The van der Waals surface area contributed by atoms with Crippen molar-refractivity contribution in [1.29, 1.82) is 0 Å². The number of benzene rings is 1. The van der Waals surface area contributed by atoms with Gasteiger partial charge in [-0.25, -0.2) is 0 Å². The van der Waals surface area contributed by atoms with E-state index >= 15 is 0 Å². The lowest BCUT2D eigenvalue weighted by Crippen LogP contribution is -2.02. The SMILES string of the molecule is Nc1c(C=O)ccc(C=O)c1N. The summed E-state index contributed by atoms with van der Waals surface area (Å²) in [6.07, 6.45) is 1.19.